The third-order valence-corrected chi connectivity index (χ3v) is 5.65. The molecule has 0 radical (unpaired) electrons. The lowest BCUT2D eigenvalue weighted by Crippen LogP contribution is -2.29. The summed E-state index contributed by atoms with van der Waals surface area (Å²) in [6.07, 6.45) is 3.83. The molecule has 0 aliphatic rings. The second-order valence-corrected chi connectivity index (χ2v) is 7.69. The number of thiophene rings is 1. The Balaban J connectivity index is 2.54. The molecular formula is C13H22N2O3S2. The van der Waals surface area contributed by atoms with Crippen molar-refractivity contribution in [1.82, 2.24) is 5.32 Å². The highest BCUT2D eigenvalue weighted by molar-refractivity contribution is 7.91. The molecule has 3 N–H and O–H groups in total. The molecule has 0 bridgehead atoms. The Morgan fingerprint density at radius 2 is 2.10 bits per heavy atom. The number of rotatable bonds is 8. The number of sulfonamides is 1. The van der Waals surface area contributed by atoms with Crippen molar-refractivity contribution in [3.63, 3.8) is 0 Å². The van der Waals surface area contributed by atoms with Crippen molar-refractivity contribution in [3.05, 3.63) is 17.0 Å². The van der Waals surface area contributed by atoms with E-state index in [0.717, 1.165) is 41.9 Å². The molecule has 0 saturated carbocycles. The van der Waals surface area contributed by atoms with Crippen LogP contribution in [-0.2, 0) is 21.4 Å². The van der Waals surface area contributed by atoms with Crippen molar-refractivity contribution in [1.29, 1.82) is 0 Å². The quantitative estimate of drug-likeness (QED) is 0.770. The predicted octanol–water partition coefficient (Wildman–Crippen LogP) is 2.23. The van der Waals surface area contributed by atoms with Gasteiger partial charge in [0.2, 0.25) is 15.9 Å². The van der Waals surface area contributed by atoms with Gasteiger partial charge in [-0.1, -0.05) is 26.7 Å². The highest BCUT2D eigenvalue weighted by atomic mass is 32.2. The molecule has 0 aliphatic heterocycles. The largest absolute Gasteiger partial charge is 0.351 e. The van der Waals surface area contributed by atoms with E-state index in [2.05, 4.69) is 12.2 Å². The zero-order chi connectivity index (χ0) is 15.2. The first-order valence-corrected chi connectivity index (χ1v) is 9.14. The zero-order valence-corrected chi connectivity index (χ0v) is 13.5. The molecule has 1 unspecified atom stereocenters. The van der Waals surface area contributed by atoms with E-state index >= 15 is 0 Å². The first-order chi connectivity index (χ1) is 9.38. The summed E-state index contributed by atoms with van der Waals surface area (Å²) < 4.78 is 22.4. The van der Waals surface area contributed by atoms with Crippen LogP contribution in [0.5, 0.6) is 0 Å². The van der Waals surface area contributed by atoms with Crippen LogP contribution in [-0.4, -0.2) is 14.3 Å². The van der Waals surface area contributed by atoms with Gasteiger partial charge in [0.1, 0.15) is 4.21 Å². The van der Waals surface area contributed by atoms with Gasteiger partial charge in [0.25, 0.3) is 0 Å². The Hall–Kier alpha value is -0.920. The summed E-state index contributed by atoms with van der Waals surface area (Å²) in [7, 11) is -3.65. The third-order valence-electron chi connectivity index (χ3n) is 3.12. The lowest BCUT2D eigenvalue weighted by Gasteiger charge is -2.13. The Bertz CT molecular complexity index is 538. The summed E-state index contributed by atoms with van der Waals surface area (Å²) in [6.45, 7) is 4.46. The van der Waals surface area contributed by atoms with Crippen LogP contribution < -0.4 is 10.5 Å². The number of nitrogens with one attached hydrogen (secondary N) is 1. The molecular weight excluding hydrogens is 296 g/mol. The Labute approximate surface area is 124 Å². The molecule has 1 aromatic rings. The van der Waals surface area contributed by atoms with Crippen molar-refractivity contribution < 1.29 is 13.2 Å². The number of primary sulfonamides is 1. The Morgan fingerprint density at radius 1 is 1.40 bits per heavy atom. The standard InChI is InChI=1S/C13H22N2O3S2/c1-3-5-6-10(4-2)13(16)15-9-11-7-8-12(19-11)20(14,17)18/h7-8,10H,3-6,9H2,1-2H3,(H,15,16)(H2,14,17,18). The fourth-order valence-corrected chi connectivity index (χ4v) is 3.61. The maximum absolute atomic E-state index is 12.0. The van der Waals surface area contributed by atoms with E-state index < -0.39 is 10.0 Å². The van der Waals surface area contributed by atoms with Crippen LogP contribution in [0.2, 0.25) is 0 Å². The van der Waals surface area contributed by atoms with Crippen molar-refractivity contribution >= 4 is 27.3 Å². The molecule has 0 spiro atoms. The van der Waals surface area contributed by atoms with E-state index in [4.69, 9.17) is 5.14 Å². The molecule has 20 heavy (non-hydrogen) atoms. The summed E-state index contributed by atoms with van der Waals surface area (Å²) in [6, 6.07) is 3.15. The lowest BCUT2D eigenvalue weighted by molar-refractivity contribution is -0.125. The van der Waals surface area contributed by atoms with Crippen molar-refractivity contribution in [2.24, 2.45) is 11.1 Å². The van der Waals surface area contributed by atoms with Crippen LogP contribution in [0, 0.1) is 5.92 Å². The zero-order valence-electron chi connectivity index (χ0n) is 11.9. The van der Waals surface area contributed by atoms with E-state index in [1.165, 1.54) is 6.07 Å². The van der Waals surface area contributed by atoms with Crippen molar-refractivity contribution in [2.75, 3.05) is 0 Å². The van der Waals surface area contributed by atoms with Crippen LogP contribution in [0.15, 0.2) is 16.3 Å². The van der Waals surface area contributed by atoms with Crippen molar-refractivity contribution in [3.8, 4) is 0 Å². The van der Waals surface area contributed by atoms with E-state index in [9.17, 15) is 13.2 Å². The second kappa shape index (κ2) is 7.75. The van der Waals surface area contributed by atoms with Gasteiger partial charge >= 0.3 is 0 Å². The van der Waals surface area contributed by atoms with Gasteiger partial charge in [-0.3, -0.25) is 4.79 Å². The van der Waals surface area contributed by atoms with Gasteiger partial charge in [-0.05, 0) is 25.0 Å². The average molecular weight is 318 g/mol. The minimum absolute atomic E-state index is 0.0338. The number of amides is 1. The molecule has 0 fully saturated rings. The first-order valence-electron chi connectivity index (χ1n) is 6.77. The number of carbonyl (C=O) groups excluding carboxylic acids is 1. The summed E-state index contributed by atoms with van der Waals surface area (Å²) in [5.74, 6) is 0.0686. The van der Waals surface area contributed by atoms with Gasteiger partial charge in [0, 0.05) is 10.8 Å². The number of hydrogen-bond donors (Lipinski definition) is 2. The maximum Gasteiger partial charge on any atom is 0.247 e. The highest BCUT2D eigenvalue weighted by Crippen LogP contribution is 2.20. The summed E-state index contributed by atoms with van der Waals surface area (Å²) in [4.78, 5) is 12.8. The van der Waals surface area contributed by atoms with Crippen LogP contribution in [0.4, 0.5) is 0 Å². The fraction of sp³-hybridized carbons (Fsp3) is 0.615. The molecule has 1 aromatic heterocycles. The van der Waals surface area contributed by atoms with Crippen LogP contribution in [0.25, 0.3) is 0 Å². The molecule has 1 amide bonds. The normalized spacial score (nSPS) is 13.2. The molecule has 1 atom stereocenters. The van der Waals surface area contributed by atoms with Gasteiger partial charge < -0.3 is 5.32 Å². The van der Waals surface area contributed by atoms with Gasteiger partial charge in [0.05, 0.1) is 6.54 Å². The first kappa shape index (κ1) is 17.1. The number of nitrogens with two attached hydrogens (primary N) is 1. The van der Waals surface area contributed by atoms with Crippen LogP contribution in [0.1, 0.15) is 44.4 Å². The minimum Gasteiger partial charge on any atom is -0.351 e. The number of carbonyl (C=O) groups is 1. The molecule has 1 heterocycles. The van der Waals surface area contributed by atoms with E-state index in [-0.39, 0.29) is 16.0 Å². The van der Waals surface area contributed by atoms with Gasteiger partial charge in [0.15, 0.2) is 0 Å². The molecule has 0 aromatic carbocycles. The Morgan fingerprint density at radius 3 is 2.60 bits per heavy atom. The highest BCUT2D eigenvalue weighted by Gasteiger charge is 2.16. The molecule has 0 aliphatic carbocycles. The monoisotopic (exact) mass is 318 g/mol. The summed E-state index contributed by atoms with van der Waals surface area (Å²) in [5.41, 5.74) is 0. The van der Waals surface area contributed by atoms with Crippen LogP contribution in [0.3, 0.4) is 0 Å². The second-order valence-electron chi connectivity index (χ2n) is 4.73. The molecule has 1 rings (SSSR count). The SMILES string of the molecule is CCCCC(CC)C(=O)NCc1ccc(S(N)(=O)=O)s1. The van der Waals surface area contributed by atoms with E-state index in [1.54, 1.807) is 6.07 Å². The van der Waals surface area contributed by atoms with Crippen molar-refractivity contribution in [2.45, 2.75) is 50.3 Å². The van der Waals surface area contributed by atoms with Gasteiger partial charge in [-0.2, -0.15) is 0 Å². The van der Waals surface area contributed by atoms with E-state index in [1.807, 2.05) is 6.92 Å². The average Bonchev–Trinajstić information content (AvgIpc) is 2.86. The topological polar surface area (TPSA) is 89.3 Å². The van der Waals surface area contributed by atoms with Gasteiger partial charge in [-0.15, -0.1) is 11.3 Å². The van der Waals surface area contributed by atoms with Gasteiger partial charge in [-0.25, -0.2) is 13.6 Å². The lowest BCUT2D eigenvalue weighted by atomic mass is 9.98. The smallest absolute Gasteiger partial charge is 0.247 e. The number of hydrogen-bond acceptors (Lipinski definition) is 4. The molecule has 5 nitrogen and oxygen atoms in total. The fourth-order valence-electron chi connectivity index (χ4n) is 1.90. The molecule has 114 valence electrons. The molecule has 0 saturated heterocycles. The Kier molecular flexibility index (Phi) is 6.64. The van der Waals surface area contributed by atoms with E-state index in [0.29, 0.717) is 6.54 Å². The minimum atomic E-state index is -3.65. The maximum atomic E-state index is 12.0. The predicted molar refractivity (Wildman–Crippen MR) is 80.8 cm³/mol. The number of unbranched alkanes of at least 4 members (excludes halogenated alkanes) is 1. The van der Waals surface area contributed by atoms with Crippen LogP contribution >= 0.6 is 11.3 Å². The third kappa shape index (κ3) is 5.22. The summed E-state index contributed by atoms with van der Waals surface area (Å²) in [5, 5.41) is 7.91. The summed E-state index contributed by atoms with van der Waals surface area (Å²) >= 11 is 1.09. The molecule has 7 heteroatoms.